The zero-order valence-electron chi connectivity index (χ0n) is 75.0. The molecule has 0 amide bonds. The first-order valence-electron chi connectivity index (χ1n) is 41.5. The molecule has 0 saturated carbocycles. The molecular weight excluding hydrogens is 1710 g/mol. The van der Waals surface area contributed by atoms with Gasteiger partial charge in [-0.05, 0) is 112 Å². The Hall–Kier alpha value is -9.96. The number of ether oxygens (including phenoxy) is 5. The zero-order chi connectivity index (χ0) is 94.3. The molecular formula is C84H131BrN16O25. The number of alkyl halides is 1. The maximum atomic E-state index is 12.1. The van der Waals surface area contributed by atoms with Crippen LogP contribution in [0.3, 0.4) is 0 Å². The van der Waals surface area contributed by atoms with E-state index in [2.05, 4.69) is 56.0 Å². The van der Waals surface area contributed by atoms with Crippen molar-refractivity contribution in [3.05, 3.63) is 154 Å². The second-order valence-corrected chi connectivity index (χ2v) is 34.6. The number of hydrogen-bond donors (Lipinski definition) is 6. The van der Waals surface area contributed by atoms with E-state index in [4.69, 9.17) is 44.1 Å². The highest BCUT2D eigenvalue weighted by atomic mass is 79.9. The summed E-state index contributed by atoms with van der Waals surface area (Å²) in [5.41, 5.74) is 1.23. The molecule has 4 heterocycles. The van der Waals surface area contributed by atoms with E-state index in [0.717, 1.165) is 74.4 Å². The number of nitrogens with zero attached hydrogens (tertiary/aromatic N) is 14. The van der Waals surface area contributed by atoms with E-state index in [0.29, 0.717) is 124 Å². The summed E-state index contributed by atoms with van der Waals surface area (Å²) >= 11 is 3.25. The molecule has 41 nitrogen and oxygen atoms in total. The van der Waals surface area contributed by atoms with Gasteiger partial charge in [-0.3, -0.25) is 128 Å². The third-order valence-corrected chi connectivity index (χ3v) is 19.1. The van der Waals surface area contributed by atoms with E-state index in [9.17, 15) is 78.8 Å². The Kier molecular flexibility index (Phi) is 49.8. The molecule has 4 aliphatic rings. The number of halogens is 1. The molecule has 4 aliphatic heterocycles. The minimum Gasteiger partial charge on any atom is -0.497 e. The molecule has 126 heavy (non-hydrogen) atoms. The first kappa shape index (κ1) is 110. The summed E-state index contributed by atoms with van der Waals surface area (Å²) in [7, 11) is 1.52. The predicted octanol–water partition coefficient (Wildman–Crippen LogP) is 6.21. The lowest BCUT2D eigenvalue weighted by Crippen LogP contribution is -2.42. The van der Waals surface area contributed by atoms with Crippen LogP contribution in [0.4, 0.5) is 22.7 Å². The Morgan fingerprint density at radius 3 is 0.667 bits per heavy atom. The molecule has 4 aromatic rings. The quantitative estimate of drug-likeness (QED) is 0.0134. The standard InChI is InChI=1S/2C18H35N3O4.2C17H24N4O6.C7H6BrNO2.C7H7NO3/c2*1-17(2,3)24-15(22)13-20-9-7-19-8-10-21(12-11-20)14-16(23)25-18(4,5)6;2*22-16(23)12-19-7-5-18(6-8-20(10-9-19)13-17(24)25)11-14-1-3-15(4-2-14)21(26)27;8-5-6-1-3-7(4-2-6)9(10)11;1-11-7-4-2-6(3-5-7)8(9)10/h2*19H,7-14H2,1-6H3;2*1-4H,5-13H2,(H,22,23)(H,24,25);1-4H,5H2;2-5H,1H3. The lowest BCUT2D eigenvalue weighted by Gasteiger charge is -2.27. The van der Waals surface area contributed by atoms with Gasteiger partial charge in [-0.2, -0.15) is 0 Å². The van der Waals surface area contributed by atoms with Crippen LogP contribution in [-0.4, -0.2) is 376 Å². The fraction of sp³-hybridized carbons (Fsp3) is 0.619. The maximum absolute atomic E-state index is 12.1. The largest absolute Gasteiger partial charge is 0.497 e. The number of carboxylic acids is 4. The van der Waals surface area contributed by atoms with Gasteiger partial charge in [-0.15, -0.1) is 0 Å². The second-order valence-electron chi connectivity index (χ2n) is 34.0. The maximum Gasteiger partial charge on any atom is 0.320 e. The average Bonchev–Trinajstić information content (AvgIpc) is 0.932. The van der Waals surface area contributed by atoms with E-state index >= 15 is 0 Å². The third kappa shape index (κ3) is 52.9. The first-order valence-corrected chi connectivity index (χ1v) is 42.6. The first-order chi connectivity index (χ1) is 59.0. The number of carbonyl (C=O) groups is 8. The van der Waals surface area contributed by atoms with Crippen LogP contribution in [0.25, 0.3) is 0 Å². The van der Waals surface area contributed by atoms with Gasteiger partial charge in [-0.1, -0.05) is 52.3 Å². The molecule has 0 atom stereocenters. The van der Waals surface area contributed by atoms with Gasteiger partial charge < -0.3 is 54.7 Å². The van der Waals surface area contributed by atoms with Gasteiger partial charge in [0.2, 0.25) is 0 Å². The zero-order valence-corrected chi connectivity index (χ0v) is 76.6. The highest BCUT2D eigenvalue weighted by molar-refractivity contribution is 9.08. The van der Waals surface area contributed by atoms with Gasteiger partial charge in [-0.25, -0.2) is 0 Å². The number of nitro benzene ring substituents is 4. The molecule has 0 spiro atoms. The summed E-state index contributed by atoms with van der Waals surface area (Å²) in [6.07, 6.45) is 0. The number of non-ortho nitro benzene ring substituents is 4. The number of benzene rings is 4. The fourth-order valence-electron chi connectivity index (χ4n) is 12.5. The van der Waals surface area contributed by atoms with Crippen molar-refractivity contribution in [2.45, 2.75) is 124 Å². The van der Waals surface area contributed by atoms with Crippen LogP contribution >= 0.6 is 15.9 Å². The van der Waals surface area contributed by atoms with E-state index in [1.165, 1.54) is 55.6 Å². The van der Waals surface area contributed by atoms with Crippen LogP contribution in [-0.2, 0) is 75.7 Å². The topological polar surface area (TPSA) is 493 Å². The summed E-state index contributed by atoms with van der Waals surface area (Å²) in [6, 6.07) is 25.0. The van der Waals surface area contributed by atoms with Crippen LogP contribution < -0.4 is 15.4 Å². The van der Waals surface area contributed by atoms with Crippen molar-refractivity contribution in [1.29, 1.82) is 0 Å². The summed E-state index contributed by atoms with van der Waals surface area (Å²) in [5.74, 6) is -3.91. The summed E-state index contributed by atoms with van der Waals surface area (Å²) in [5, 5.41) is 85.5. The monoisotopic (exact) mass is 1840 g/mol. The van der Waals surface area contributed by atoms with Crippen LogP contribution in [0.1, 0.15) is 99.8 Å². The normalized spacial score (nSPS) is 16.7. The fourth-order valence-corrected chi connectivity index (χ4v) is 12.9. The highest BCUT2D eigenvalue weighted by Gasteiger charge is 2.28. The van der Waals surface area contributed by atoms with E-state index in [1.807, 2.05) is 83.1 Å². The minimum atomic E-state index is -0.916. The number of carboxylic acid groups (broad SMARTS) is 4. The number of methoxy groups -OCH3 is 1. The van der Waals surface area contributed by atoms with Gasteiger partial charge in [0.25, 0.3) is 22.7 Å². The summed E-state index contributed by atoms with van der Waals surface area (Å²) < 4.78 is 26.4. The van der Waals surface area contributed by atoms with Gasteiger partial charge in [0.15, 0.2) is 0 Å². The smallest absolute Gasteiger partial charge is 0.320 e. The van der Waals surface area contributed by atoms with Crippen molar-refractivity contribution in [3.63, 3.8) is 0 Å². The molecule has 6 N–H and O–H groups in total. The number of aliphatic carboxylic acids is 4. The third-order valence-electron chi connectivity index (χ3n) is 18.5. The van der Waals surface area contributed by atoms with E-state index < -0.39 is 66.0 Å². The molecule has 0 aromatic heterocycles. The molecule has 8 rings (SSSR count). The molecule has 0 bridgehead atoms. The van der Waals surface area contributed by atoms with Gasteiger partial charge in [0.1, 0.15) is 28.2 Å². The Bertz CT molecular complexity index is 3630. The Morgan fingerprint density at radius 1 is 0.310 bits per heavy atom. The highest BCUT2D eigenvalue weighted by Crippen LogP contribution is 2.21. The lowest BCUT2D eigenvalue weighted by molar-refractivity contribution is -0.385. The van der Waals surface area contributed by atoms with Crippen molar-refractivity contribution >= 4 is 86.4 Å². The molecule has 0 radical (unpaired) electrons. The number of nitro groups is 4. The molecule has 4 fully saturated rings. The Morgan fingerprint density at radius 2 is 0.492 bits per heavy atom. The summed E-state index contributed by atoms with van der Waals surface area (Å²) in [6.45, 7) is 40.1. The predicted molar refractivity (Wildman–Crippen MR) is 473 cm³/mol. The molecule has 4 aromatic carbocycles. The van der Waals surface area contributed by atoms with Crippen LogP contribution in [0.2, 0.25) is 0 Å². The van der Waals surface area contributed by atoms with Crippen molar-refractivity contribution in [3.8, 4) is 5.75 Å². The minimum absolute atomic E-state index is 0.0310. The molecule has 704 valence electrons. The summed E-state index contributed by atoms with van der Waals surface area (Å²) in [4.78, 5) is 152. The van der Waals surface area contributed by atoms with Crippen LogP contribution in [0.5, 0.6) is 5.75 Å². The van der Waals surface area contributed by atoms with Crippen LogP contribution in [0, 0.1) is 40.5 Å². The molecule has 0 aliphatic carbocycles. The van der Waals surface area contributed by atoms with Gasteiger partial charge in [0.05, 0.1) is 79.2 Å². The number of nitrogens with one attached hydrogen (secondary N) is 2. The van der Waals surface area contributed by atoms with Crippen molar-refractivity contribution < 1.29 is 102 Å². The van der Waals surface area contributed by atoms with Crippen LogP contribution in [0.15, 0.2) is 97.1 Å². The number of hydrogen-bond acceptors (Lipinski definition) is 33. The van der Waals surface area contributed by atoms with E-state index in [-0.39, 0.29) is 99.0 Å². The molecule has 4 saturated heterocycles. The van der Waals surface area contributed by atoms with Crippen molar-refractivity contribution in [1.82, 2.24) is 59.6 Å². The average molecular weight is 1840 g/mol. The molecule has 42 heteroatoms. The second kappa shape index (κ2) is 57.0. The Labute approximate surface area is 745 Å². The van der Waals surface area contributed by atoms with Gasteiger partial charge >= 0.3 is 47.8 Å². The Balaban J connectivity index is 0.000000401. The number of rotatable bonds is 26. The van der Waals surface area contributed by atoms with Crippen molar-refractivity contribution in [2.24, 2.45) is 0 Å². The molecule has 0 unspecified atom stereocenters. The van der Waals surface area contributed by atoms with Gasteiger partial charge in [0, 0.05) is 224 Å². The number of esters is 4. The lowest BCUT2D eigenvalue weighted by atomic mass is 10.2. The number of carbonyl (C=O) groups excluding carboxylic acids is 4. The SMILES string of the molecule is CC(C)(C)OC(=O)CN1CCNCCN(CC(=O)OC(C)(C)C)CC1.CC(C)(C)OC(=O)CN1CCNCCN(CC(=O)OC(C)(C)C)CC1.COc1ccc([N+](=O)[O-])cc1.O=C(O)CN1CCN(CC(=O)O)CCN(Cc2ccc([N+](=O)[O-])cc2)CC1.O=C(O)CN1CCN(CC(=O)O)CCN(Cc2ccc([N+](=O)[O-])cc2)CC1.O=[N+]([O-])c1ccc(CBr)cc1. The van der Waals surface area contributed by atoms with E-state index in [1.54, 1.807) is 68.1 Å². The van der Waals surface area contributed by atoms with Crippen molar-refractivity contribution in [2.75, 3.05) is 217 Å².